The van der Waals surface area contributed by atoms with Gasteiger partial charge in [0.15, 0.2) is 0 Å². The summed E-state index contributed by atoms with van der Waals surface area (Å²) in [5.74, 6) is 0.135. The van der Waals surface area contributed by atoms with Crippen LogP contribution in [-0.2, 0) is 4.74 Å². The number of nitrogens with two attached hydrogens (primary N) is 1. The molecule has 0 saturated heterocycles. The highest BCUT2D eigenvalue weighted by Gasteiger charge is 2.47. The van der Waals surface area contributed by atoms with Crippen LogP contribution >= 0.6 is 0 Å². The molecule has 0 fully saturated rings. The minimum absolute atomic E-state index is 0.135. The molecule has 0 aromatic rings. The van der Waals surface area contributed by atoms with E-state index in [-0.39, 0.29) is 11.3 Å². The van der Waals surface area contributed by atoms with E-state index in [9.17, 15) is 5.11 Å². The predicted molar refractivity (Wildman–Crippen MR) is 59.1 cm³/mol. The molecule has 0 aromatic carbocycles. The lowest BCUT2D eigenvalue weighted by Gasteiger charge is -2.46. The standard InChI is InChI=1S/C11H25NO2/c1-6-10(4,7-12)11(13,8-14-5)9(2)3/h9,13H,6-8,12H2,1-5H3. The molecule has 3 heteroatoms. The Kier molecular flexibility index (Phi) is 5.06. The van der Waals surface area contributed by atoms with Crippen molar-refractivity contribution < 1.29 is 9.84 Å². The van der Waals surface area contributed by atoms with Crippen molar-refractivity contribution in [1.82, 2.24) is 0 Å². The summed E-state index contributed by atoms with van der Waals surface area (Å²) in [4.78, 5) is 0. The molecule has 0 aliphatic rings. The topological polar surface area (TPSA) is 55.5 Å². The van der Waals surface area contributed by atoms with Crippen LogP contribution in [0.2, 0.25) is 0 Å². The summed E-state index contributed by atoms with van der Waals surface area (Å²) < 4.78 is 5.11. The minimum Gasteiger partial charge on any atom is -0.387 e. The highest BCUT2D eigenvalue weighted by Crippen LogP contribution is 2.39. The average Bonchev–Trinajstić information content (AvgIpc) is 2.16. The van der Waals surface area contributed by atoms with Crippen molar-refractivity contribution in [2.45, 2.75) is 39.7 Å². The predicted octanol–water partition coefficient (Wildman–Crippen LogP) is 1.39. The number of hydrogen-bond acceptors (Lipinski definition) is 3. The Labute approximate surface area is 87.6 Å². The van der Waals surface area contributed by atoms with E-state index in [0.717, 1.165) is 6.42 Å². The summed E-state index contributed by atoms with van der Waals surface area (Å²) >= 11 is 0. The molecule has 0 radical (unpaired) electrons. The first-order chi connectivity index (χ1) is 6.38. The zero-order chi connectivity index (χ0) is 11.4. The minimum atomic E-state index is -0.842. The lowest BCUT2D eigenvalue weighted by Crippen LogP contribution is -2.56. The van der Waals surface area contributed by atoms with Gasteiger partial charge in [-0.05, 0) is 12.3 Å². The number of hydrogen-bond donors (Lipinski definition) is 2. The highest BCUT2D eigenvalue weighted by atomic mass is 16.5. The van der Waals surface area contributed by atoms with Gasteiger partial charge in [-0.1, -0.05) is 27.7 Å². The van der Waals surface area contributed by atoms with Gasteiger partial charge in [0.1, 0.15) is 0 Å². The molecule has 0 aliphatic heterocycles. The van der Waals surface area contributed by atoms with Crippen LogP contribution < -0.4 is 5.73 Å². The van der Waals surface area contributed by atoms with Gasteiger partial charge >= 0.3 is 0 Å². The van der Waals surface area contributed by atoms with Crippen molar-refractivity contribution in [3.8, 4) is 0 Å². The molecule has 0 bridgehead atoms. The molecule has 0 rings (SSSR count). The number of ether oxygens (including phenoxy) is 1. The maximum atomic E-state index is 10.6. The molecular weight excluding hydrogens is 178 g/mol. The van der Waals surface area contributed by atoms with Gasteiger partial charge in [0, 0.05) is 19.1 Å². The Hall–Kier alpha value is -0.120. The van der Waals surface area contributed by atoms with Gasteiger partial charge in [0.25, 0.3) is 0 Å². The third-order valence-electron chi connectivity index (χ3n) is 3.60. The average molecular weight is 203 g/mol. The van der Waals surface area contributed by atoms with Crippen molar-refractivity contribution in [1.29, 1.82) is 0 Å². The summed E-state index contributed by atoms with van der Waals surface area (Å²) in [6.45, 7) is 8.89. The van der Waals surface area contributed by atoms with Gasteiger partial charge in [-0.3, -0.25) is 0 Å². The molecule has 0 heterocycles. The van der Waals surface area contributed by atoms with Crippen molar-refractivity contribution in [2.24, 2.45) is 17.1 Å². The van der Waals surface area contributed by atoms with Crippen LogP contribution in [0.15, 0.2) is 0 Å². The summed E-state index contributed by atoms with van der Waals surface area (Å²) in [6, 6.07) is 0. The molecular formula is C11H25NO2. The Bertz CT molecular complexity index is 167. The molecule has 3 N–H and O–H groups in total. The molecule has 2 atom stereocenters. The van der Waals surface area contributed by atoms with Crippen molar-refractivity contribution >= 4 is 0 Å². The maximum Gasteiger partial charge on any atom is 0.0967 e. The lowest BCUT2D eigenvalue weighted by molar-refractivity contribution is -0.146. The van der Waals surface area contributed by atoms with Gasteiger partial charge < -0.3 is 15.6 Å². The third-order valence-corrected chi connectivity index (χ3v) is 3.60. The third kappa shape index (κ3) is 2.27. The summed E-state index contributed by atoms with van der Waals surface area (Å²) in [7, 11) is 1.61. The maximum absolute atomic E-state index is 10.6. The lowest BCUT2D eigenvalue weighted by atomic mass is 9.66. The fraction of sp³-hybridized carbons (Fsp3) is 1.00. The van der Waals surface area contributed by atoms with Crippen LogP contribution in [0.1, 0.15) is 34.1 Å². The Balaban J connectivity index is 4.95. The summed E-state index contributed by atoms with van der Waals surface area (Å²) in [5.41, 5.74) is 4.63. The van der Waals surface area contributed by atoms with Gasteiger partial charge in [-0.2, -0.15) is 0 Å². The van der Waals surface area contributed by atoms with Gasteiger partial charge in [-0.25, -0.2) is 0 Å². The van der Waals surface area contributed by atoms with E-state index >= 15 is 0 Å². The second-order valence-corrected chi connectivity index (χ2v) is 4.63. The quantitative estimate of drug-likeness (QED) is 0.686. The second-order valence-electron chi connectivity index (χ2n) is 4.63. The molecule has 2 unspecified atom stereocenters. The Morgan fingerprint density at radius 3 is 2.14 bits per heavy atom. The normalized spacial score (nSPS) is 20.6. The molecule has 3 nitrogen and oxygen atoms in total. The monoisotopic (exact) mass is 203 g/mol. The van der Waals surface area contributed by atoms with Crippen LogP contribution in [0, 0.1) is 11.3 Å². The van der Waals surface area contributed by atoms with Crippen molar-refractivity contribution in [3.05, 3.63) is 0 Å². The Morgan fingerprint density at radius 2 is 1.93 bits per heavy atom. The first-order valence-corrected chi connectivity index (χ1v) is 5.29. The van der Waals surface area contributed by atoms with Crippen LogP contribution in [0.5, 0.6) is 0 Å². The van der Waals surface area contributed by atoms with Gasteiger partial charge in [0.2, 0.25) is 0 Å². The molecule has 0 saturated carbocycles. The number of methoxy groups -OCH3 is 1. The second kappa shape index (κ2) is 5.10. The fourth-order valence-corrected chi connectivity index (χ4v) is 1.89. The summed E-state index contributed by atoms with van der Waals surface area (Å²) in [6.07, 6.45) is 0.849. The molecule has 0 amide bonds. The fourth-order valence-electron chi connectivity index (χ4n) is 1.89. The molecule has 0 spiro atoms. The van der Waals surface area contributed by atoms with Crippen LogP contribution in [0.25, 0.3) is 0 Å². The first kappa shape index (κ1) is 13.9. The largest absolute Gasteiger partial charge is 0.387 e. The Morgan fingerprint density at radius 1 is 1.43 bits per heavy atom. The van der Waals surface area contributed by atoms with E-state index in [1.54, 1.807) is 7.11 Å². The van der Waals surface area contributed by atoms with E-state index in [4.69, 9.17) is 10.5 Å². The van der Waals surface area contributed by atoms with E-state index in [0.29, 0.717) is 13.2 Å². The van der Waals surface area contributed by atoms with E-state index < -0.39 is 5.60 Å². The van der Waals surface area contributed by atoms with Gasteiger partial charge in [-0.15, -0.1) is 0 Å². The van der Waals surface area contributed by atoms with Crippen molar-refractivity contribution in [2.75, 3.05) is 20.3 Å². The van der Waals surface area contributed by atoms with E-state index in [1.807, 2.05) is 20.8 Å². The van der Waals surface area contributed by atoms with Gasteiger partial charge in [0.05, 0.1) is 12.2 Å². The molecule has 0 aromatic heterocycles. The summed E-state index contributed by atoms with van der Waals surface area (Å²) in [5, 5.41) is 10.6. The van der Waals surface area contributed by atoms with Crippen LogP contribution in [-0.4, -0.2) is 31.0 Å². The van der Waals surface area contributed by atoms with E-state index in [1.165, 1.54) is 0 Å². The first-order valence-electron chi connectivity index (χ1n) is 5.29. The highest BCUT2D eigenvalue weighted by molar-refractivity contribution is 4.98. The number of aliphatic hydroxyl groups is 1. The zero-order valence-electron chi connectivity index (χ0n) is 10.1. The molecule has 0 aliphatic carbocycles. The molecule has 14 heavy (non-hydrogen) atoms. The smallest absolute Gasteiger partial charge is 0.0967 e. The number of rotatable bonds is 6. The van der Waals surface area contributed by atoms with E-state index in [2.05, 4.69) is 6.92 Å². The van der Waals surface area contributed by atoms with Crippen molar-refractivity contribution in [3.63, 3.8) is 0 Å². The van der Waals surface area contributed by atoms with Crippen LogP contribution in [0.3, 0.4) is 0 Å². The SMILES string of the molecule is CCC(C)(CN)C(O)(COC)C(C)C. The molecule has 86 valence electrons. The zero-order valence-corrected chi connectivity index (χ0v) is 10.1. The van der Waals surface area contributed by atoms with Crippen LogP contribution in [0.4, 0.5) is 0 Å².